The second-order valence-corrected chi connectivity index (χ2v) is 7.66. The molecule has 0 atom stereocenters. The highest BCUT2D eigenvalue weighted by molar-refractivity contribution is 9.10. The molecule has 2 heterocycles. The normalized spacial score (nSPS) is 11.5. The Balaban J connectivity index is 2.30. The van der Waals surface area contributed by atoms with Crippen molar-refractivity contribution in [1.29, 1.82) is 0 Å². The fraction of sp³-hybridized carbons (Fsp3) is 0.111. The summed E-state index contributed by atoms with van der Waals surface area (Å²) in [4.78, 5) is 7.75. The first kappa shape index (κ1) is 13.7. The van der Waals surface area contributed by atoms with Gasteiger partial charge in [-0.3, -0.25) is 4.72 Å². The molecule has 0 aliphatic rings. The molecule has 1 N–H and O–H groups in total. The summed E-state index contributed by atoms with van der Waals surface area (Å²) in [6, 6.07) is 1.54. The van der Waals surface area contributed by atoms with Crippen LogP contribution in [0.3, 0.4) is 0 Å². The van der Waals surface area contributed by atoms with Crippen LogP contribution in [0, 0.1) is 6.92 Å². The summed E-state index contributed by atoms with van der Waals surface area (Å²) in [5.74, 6) is 0. The highest BCUT2D eigenvalue weighted by atomic mass is 79.9. The van der Waals surface area contributed by atoms with Crippen molar-refractivity contribution >= 4 is 54.6 Å². The summed E-state index contributed by atoms with van der Waals surface area (Å²) in [5, 5.41) is 0.956. The van der Waals surface area contributed by atoms with Crippen molar-refractivity contribution in [2.24, 2.45) is 0 Å². The number of sulfonamides is 1. The maximum Gasteiger partial charge on any atom is 0.273 e. The molecule has 18 heavy (non-hydrogen) atoms. The van der Waals surface area contributed by atoms with Gasteiger partial charge in [0.05, 0.1) is 27.6 Å². The van der Waals surface area contributed by atoms with E-state index in [0.717, 1.165) is 11.3 Å². The molecule has 0 unspecified atom stereocenters. The predicted molar refractivity (Wildman–Crippen MR) is 74.6 cm³/mol. The van der Waals surface area contributed by atoms with Crippen LogP contribution in [0.25, 0.3) is 0 Å². The Hall–Kier alpha value is -0.700. The van der Waals surface area contributed by atoms with Crippen LogP contribution in [0.15, 0.2) is 27.1 Å². The third-order valence-corrected chi connectivity index (χ3v) is 5.80. The van der Waals surface area contributed by atoms with Gasteiger partial charge >= 0.3 is 0 Å². The van der Waals surface area contributed by atoms with Crippen molar-refractivity contribution in [2.45, 2.75) is 11.1 Å². The van der Waals surface area contributed by atoms with E-state index >= 15 is 0 Å². The van der Waals surface area contributed by atoms with Crippen molar-refractivity contribution in [3.05, 3.63) is 33.1 Å². The summed E-state index contributed by atoms with van der Waals surface area (Å²) in [6.07, 6.45) is 2.67. The van der Waals surface area contributed by atoms with Crippen LogP contribution in [0.4, 0.5) is 5.69 Å². The summed E-state index contributed by atoms with van der Waals surface area (Å²) < 4.78 is 27.1. The molecule has 0 aliphatic carbocycles. The smallest absolute Gasteiger partial charge is 0.273 e. The van der Waals surface area contributed by atoms with Crippen LogP contribution in [0.2, 0.25) is 5.15 Å². The zero-order chi connectivity index (χ0) is 13.3. The molecule has 0 bridgehead atoms. The number of pyridine rings is 1. The molecule has 0 spiro atoms. The first-order valence-corrected chi connectivity index (χ1v) is 8.12. The minimum atomic E-state index is -3.62. The van der Waals surface area contributed by atoms with Gasteiger partial charge in [0.15, 0.2) is 4.21 Å². The lowest BCUT2D eigenvalue weighted by Crippen LogP contribution is -2.11. The number of hydrogen-bond donors (Lipinski definition) is 1. The highest BCUT2D eigenvalue weighted by Gasteiger charge is 2.17. The molecule has 5 nitrogen and oxygen atoms in total. The maximum absolute atomic E-state index is 12.0. The van der Waals surface area contributed by atoms with Gasteiger partial charge < -0.3 is 0 Å². The molecule has 9 heteroatoms. The lowest BCUT2D eigenvalue weighted by molar-refractivity contribution is 0.603. The lowest BCUT2D eigenvalue weighted by Gasteiger charge is -2.06. The fourth-order valence-electron chi connectivity index (χ4n) is 1.15. The van der Waals surface area contributed by atoms with E-state index in [1.165, 1.54) is 12.4 Å². The molecule has 0 saturated heterocycles. The molecule has 96 valence electrons. The Bertz CT molecular complexity index is 687. The number of aryl methyl sites for hydroxylation is 1. The molecular weight excluding hydrogens is 362 g/mol. The zero-order valence-electron chi connectivity index (χ0n) is 9.02. The topological polar surface area (TPSA) is 72.0 Å². The van der Waals surface area contributed by atoms with Gasteiger partial charge in [-0.15, -0.1) is 11.3 Å². The van der Waals surface area contributed by atoms with Gasteiger partial charge in [0, 0.05) is 0 Å². The molecule has 2 rings (SSSR count). The van der Waals surface area contributed by atoms with E-state index in [1.54, 1.807) is 13.0 Å². The van der Waals surface area contributed by atoms with Gasteiger partial charge in [-0.25, -0.2) is 18.4 Å². The first-order chi connectivity index (χ1) is 8.38. The van der Waals surface area contributed by atoms with Crippen LogP contribution >= 0.6 is 38.9 Å². The quantitative estimate of drug-likeness (QED) is 0.845. The maximum atomic E-state index is 12.0. The second kappa shape index (κ2) is 5.12. The standard InChI is InChI=1S/C9H7BrClN3O2S2/c1-5-12-4-8(17-5)18(15,16)14-6-2-7(10)9(11)13-3-6/h2-4,14H,1H3. The number of rotatable bonds is 3. The number of aromatic nitrogens is 2. The monoisotopic (exact) mass is 367 g/mol. The van der Waals surface area contributed by atoms with E-state index in [4.69, 9.17) is 11.6 Å². The second-order valence-electron chi connectivity index (χ2n) is 3.30. The number of halogens is 2. The van der Waals surface area contributed by atoms with Crippen molar-refractivity contribution in [1.82, 2.24) is 9.97 Å². The summed E-state index contributed by atoms with van der Waals surface area (Å²) in [6.45, 7) is 1.74. The van der Waals surface area contributed by atoms with E-state index in [0.29, 0.717) is 15.2 Å². The van der Waals surface area contributed by atoms with E-state index in [2.05, 4.69) is 30.6 Å². The minimum Gasteiger partial charge on any atom is -0.277 e. The lowest BCUT2D eigenvalue weighted by atomic mass is 10.4. The highest BCUT2D eigenvalue weighted by Crippen LogP contribution is 2.25. The van der Waals surface area contributed by atoms with Gasteiger partial charge in [-0.1, -0.05) is 11.6 Å². The molecule has 2 aromatic heterocycles. The SMILES string of the molecule is Cc1ncc(S(=O)(=O)Nc2cnc(Cl)c(Br)c2)s1. The molecule has 0 radical (unpaired) electrons. The molecular formula is C9H7BrClN3O2S2. The largest absolute Gasteiger partial charge is 0.277 e. The van der Waals surface area contributed by atoms with Crippen molar-refractivity contribution in [3.8, 4) is 0 Å². The van der Waals surface area contributed by atoms with Crippen molar-refractivity contribution in [2.75, 3.05) is 4.72 Å². The van der Waals surface area contributed by atoms with Gasteiger partial charge in [0.2, 0.25) is 0 Å². The van der Waals surface area contributed by atoms with Crippen LogP contribution < -0.4 is 4.72 Å². The average molecular weight is 369 g/mol. The fourth-order valence-corrected chi connectivity index (χ4v) is 3.74. The van der Waals surface area contributed by atoms with Gasteiger partial charge in [-0.05, 0) is 28.9 Å². The number of nitrogens with one attached hydrogen (secondary N) is 1. The molecule has 0 fully saturated rings. The van der Waals surface area contributed by atoms with E-state index in [1.807, 2.05) is 0 Å². The number of nitrogens with zero attached hydrogens (tertiary/aromatic N) is 2. The van der Waals surface area contributed by atoms with Crippen molar-refractivity contribution < 1.29 is 8.42 Å². The summed E-state index contributed by atoms with van der Waals surface area (Å²) in [7, 11) is -3.62. The molecule has 0 amide bonds. The van der Waals surface area contributed by atoms with Gasteiger partial charge in [-0.2, -0.15) is 0 Å². The number of anilines is 1. The molecule has 2 aromatic rings. The van der Waals surface area contributed by atoms with E-state index in [9.17, 15) is 8.42 Å². The Labute approximate surface area is 121 Å². The van der Waals surface area contributed by atoms with Crippen molar-refractivity contribution in [3.63, 3.8) is 0 Å². The third-order valence-electron chi connectivity index (χ3n) is 1.91. The Morgan fingerprint density at radius 3 is 2.67 bits per heavy atom. The van der Waals surface area contributed by atoms with Gasteiger partial charge in [0.1, 0.15) is 5.15 Å². The first-order valence-electron chi connectivity index (χ1n) is 4.65. The summed E-state index contributed by atoms with van der Waals surface area (Å²) in [5.41, 5.74) is 0.331. The van der Waals surface area contributed by atoms with Gasteiger partial charge in [0.25, 0.3) is 10.0 Å². The molecule has 0 aliphatic heterocycles. The summed E-state index contributed by atoms with van der Waals surface area (Å²) >= 11 is 10.0. The van der Waals surface area contributed by atoms with Crippen LogP contribution in [0.5, 0.6) is 0 Å². The van der Waals surface area contributed by atoms with E-state index in [-0.39, 0.29) is 9.36 Å². The molecule has 0 saturated carbocycles. The predicted octanol–water partition coefficient (Wildman–Crippen LogP) is 3.06. The third kappa shape index (κ3) is 3.00. The Morgan fingerprint density at radius 1 is 1.39 bits per heavy atom. The Morgan fingerprint density at radius 2 is 2.11 bits per heavy atom. The average Bonchev–Trinajstić information content (AvgIpc) is 2.71. The van der Waals surface area contributed by atoms with E-state index < -0.39 is 10.0 Å². The minimum absolute atomic E-state index is 0.158. The van der Waals surface area contributed by atoms with Crippen LogP contribution in [-0.2, 0) is 10.0 Å². The van der Waals surface area contributed by atoms with Crippen LogP contribution in [0.1, 0.15) is 5.01 Å². The van der Waals surface area contributed by atoms with Crippen LogP contribution in [-0.4, -0.2) is 18.4 Å². The zero-order valence-corrected chi connectivity index (χ0v) is 13.0. The number of thiazole rings is 1. The Kier molecular flexibility index (Phi) is 3.90. The number of hydrogen-bond acceptors (Lipinski definition) is 5. The molecule has 0 aromatic carbocycles.